The second-order valence-electron chi connectivity index (χ2n) is 6.44. The minimum Gasteiger partial charge on any atom is -0.497 e. The van der Waals surface area contributed by atoms with Crippen LogP contribution in [-0.4, -0.2) is 22.6 Å². The first-order chi connectivity index (χ1) is 12.0. The Morgan fingerprint density at radius 3 is 2.60 bits per heavy atom. The van der Waals surface area contributed by atoms with Gasteiger partial charge in [-0.15, -0.1) is 0 Å². The summed E-state index contributed by atoms with van der Waals surface area (Å²) in [6.45, 7) is 4.16. The fourth-order valence-electron chi connectivity index (χ4n) is 2.96. The number of aryl methyl sites for hydroxylation is 1. The van der Waals surface area contributed by atoms with Gasteiger partial charge in [-0.2, -0.15) is 0 Å². The molecule has 5 nitrogen and oxygen atoms in total. The Labute approximate surface area is 147 Å². The molecule has 3 rings (SSSR count). The highest BCUT2D eigenvalue weighted by Crippen LogP contribution is 2.25. The van der Waals surface area contributed by atoms with Gasteiger partial charge >= 0.3 is 0 Å². The Kier molecular flexibility index (Phi) is 4.74. The molecule has 2 aromatic carbocycles. The fraction of sp³-hybridized carbons (Fsp3) is 0.300. The van der Waals surface area contributed by atoms with E-state index in [1.54, 1.807) is 19.2 Å². The smallest absolute Gasteiger partial charge is 0.252 e. The van der Waals surface area contributed by atoms with E-state index < -0.39 is 0 Å². The van der Waals surface area contributed by atoms with Crippen molar-refractivity contribution in [2.75, 3.05) is 7.11 Å². The summed E-state index contributed by atoms with van der Waals surface area (Å²) >= 11 is 0. The molecule has 1 atom stereocenters. The number of imidazole rings is 1. The van der Waals surface area contributed by atoms with Gasteiger partial charge in [0.15, 0.2) is 0 Å². The maximum absolute atomic E-state index is 12.7. The minimum absolute atomic E-state index is 0.135. The molecule has 130 valence electrons. The number of nitrogens with zero attached hydrogens (tertiary/aromatic N) is 2. The molecule has 0 unspecified atom stereocenters. The first kappa shape index (κ1) is 17.0. The summed E-state index contributed by atoms with van der Waals surface area (Å²) in [5, 5.41) is 3.12. The van der Waals surface area contributed by atoms with Gasteiger partial charge in [-0.3, -0.25) is 4.79 Å². The summed E-state index contributed by atoms with van der Waals surface area (Å²) in [5.74, 6) is 1.58. The van der Waals surface area contributed by atoms with Gasteiger partial charge in [0.2, 0.25) is 0 Å². The number of aromatic nitrogens is 2. The first-order valence-electron chi connectivity index (χ1n) is 8.37. The minimum atomic E-state index is -0.184. The summed E-state index contributed by atoms with van der Waals surface area (Å²) < 4.78 is 7.25. The number of ether oxygens (including phenoxy) is 1. The zero-order chi connectivity index (χ0) is 18.0. The number of nitrogens with one attached hydrogen (secondary N) is 1. The van der Waals surface area contributed by atoms with Gasteiger partial charge in [-0.1, -0.05) is 32.0 Å². The lowest BCUT2D eigenvalue weighted by Gasteiger charge is -2.22. The van der Waals surface area contributed by atoms with Crippen LogP contribution in [0.4, 0.5) is 0 Å². The van der Waals surface area contributed by atoms with Crippen LogP contribution in [0.15, 0.2) is 48.5 Å². The number of amides is 1. The van der Waals surface area contributed by atoms with Gasteiger partial charge in [0.1, 0.15) is 11.6 Å². The molecule has 0 aliphatic heterocycles. The van der Waals surface area contributed by atoms with E-state index in [1.807, 2.05) is 48.0 Å². The van der Waals surface area contributed by atoms with Gasteiger partial charge in [-0.25, -0.2) is 4.98 Å². The third-order valence-electron chi connectivity index (χ3n) is 4.39. The lowest BCUT2D eigenvalue weighted by Crippen LogP contribution is -2.33. The molecular formula is C20H23N3O2. The number of hydrogen-bond acceptors (Lipinski definition) is 3. The van der Waals surface area contributed by atoms with E-state index in [2.05, 4.69) is 19.2 Å². The van der Waals surface area contributed by atoms with Crippen LogP contribution in [0.2, 0.25) is 0 Å². The van der Waals surface area contributed by atoms with E-state index in [4.69, 9.17) is 9.72 Å². The van der Waals surface area contributed by atoms with E-state index in [9.17, 15) is 4.79 Å². The van der Waals surface area contributed by atoms with Gasteiger partial charge in [-0.05, 0) is 36.2 Å². The predicted molar refractivity (Wildman–Crippen MR) is 98.8 cm³/mol. The monoisotopic (exact) mass is 337 g/mol. The van der Waals surface area contributed by atoms with Gasteiger partial charge in [0.05, 0.1) is 24.2 Å². The number of methoxy groups -OCH3 is 1. The zero-order valence-corrected chi connectivity index (χ0v) is 15.0. The van der Waals surface area contributed by atoms with Crippen LogP contribution in [-0.2, 0) is 7.05 Å². The maximum Gasteiger partial charge on any atom is 0.252 e. The molecular weight excluding hydrogens is 314 g/mol. The summed E-state index contributed by atoms with van der Waals surface area (Å²) in [7, 11) is 3.57. The predicted octanol–water partition coefficient (Wildman–Crippen LogP) is 3.71. The van der Waals surface area contributed by atoms with Crippen molar-refractivity contribution in [1.29, 1.82) is 0 Å². The molecule has 0 saturated heterocycles. The van der Waals surface area contributed by atoms with Crippen molar-refractivity contribution in [1.82, 2.24) is 14.9 Å². The highest BCUT2D eigenvalue weighted by atomic mass is 16.5. The molecule has 25 heavy (non-hydrogen) atoms. The van der Waals surface area contributed by atoms with Crippen molar-refractivity contribution >= 4 is 16.9 Å². The zero-order valence-electron chi connectivity index (χ0n) is 15.0. The fourth-order valence-corrected chi connectivity index (χ4v) is 2.96. The SMILES string of the molecule is COc1cccc(C(=O)N[C@H](c2nc3ccccc3n2C)C(C)C)c1. The normalized spacial score (nSPS) is 12.4. The Morgan fingerprint density at radius 1 is 1.16 bits per heavy atom. The van der Waals surface area contributed by atoms with Crippen molar-refractivity contribution in [2.45, 2.75) is 19.9 Å². The number of benzene rings is 2. The third kappa shape index (κ3) is 3.36. The van der Waals surface area contributed by atoms with Crippen molar-refractivity contribution < 1.29 is 9.53 Å². The van der Waals surface area contributed by atoms with Gasteiger partial charge < -0.3 is 14.6 Å². The second-order valence-corrected chi connectivity index (χ2v) is 6.44. The van der Waals surface area contributed by atoms with E-state index >= 15 is 0 Å². The highest BCUT2D eigenvalue weighted by Gasteiger charge is 2.24. The van der Waals surface area contributed by atoms with E-state index in [0.717, 1.165) is 16.9 Å². The number of rotatable bonds is 5. The van der Waals surface area contributed by atoms with Crippen LogP contribution < -0.4 is 10.1 Å². The summed E-state index contributed by atoms with van der Waals surface area (Å²) in [6.07, 6.45) is 0. The molecule has 5 heteroatoms. The molecule has 3 aromatic rings. The summed E-state index contributed by atoms with van der Waals surface area (Å²) in [6, 6.07) is 15.0. The molecule has 0 aliphatic carbocycles. The molecule has 0 spiro atoms. The quantitative estimate of drug-likeness (QED) is 0.772. The topological polar surface area (TPSA) is 56.1 Å². The largest absolute Gasteiger partial charge is 0.497 e. The maximum atomic E-state index is 12.7. The van der Waals surface area contributed by atoms with Crippen LogP contribution in [0, 0.1) is 5.92 Å². The van der Waals surface area contributed by atoms with Crippen LogP contribution in [0.1, 0.15) is 36.1 Å². The van der Waals surface area contributed by atoms with Crippen molar-refractivity contribution in [3.8, 4) is 5.75 Å². The summed E-state index contributed by atoms with van der Waals surface area (Å²) in [5.41, 5.74) is 2.56. The Bertz CT molecular complexity index is 899. The van der Waals surface area contributed by atoms with Crippen molar-refractivity contribution in [3.05, 3.63) is 59.9 Å². The molecule has 0 bridgehead atoms. The number of para-hydroxylation sites is 2. The number of hydrogen-bond donors (Lipinski definition) is 1. The molecule has 0 saturated carbocycles. The standard InChI is InChI=1S/C20H23N3O2/c1-13(2)18(19-21-16-10-5-6-11-17(16)23(19)3)22-20(24)14-8-7-9-15(12-14)25-4/h5-13,18H,1-4H3,(H,22,24)/t18-/m0/s1. The lowest BCUT2D eigenvalue weighted by atomic mass is 10.0. The van der Waals surface area contributed by atoms with E-state index in [-0.39, 0.29) is 17.9 Å². The summed E-state index contributed by atoms with van der Waals surface area (Å²) in [4.78, 5) is 17.5. The molecule has 1 amide bonds. The molecule has 1 N–H and O–H groups in total. The van der Waals surface area contributed by atoms with Crippen LogP contribution in [0.25, 0.3) is 11.0 Å². The average Bonchev–Trinajstić information content (AvgIpc) is 2.96. The molecule has 0 aliphatic rings. The molecule has 1 heterocycles. The van der Waals surface area contributed by atoms with Crippen LogP contribution >= 0.6 is 0 Å². The van der Waals surface area contributed by atoms with Crippen LogP contribution in [0.3, 0.4) is 0 Å². The number of fused-ring (bicyclic) bond motifs is 1. The average molecular weight is 337 g/mol. The lowest BCUT2D eigenvalue weighted by molar-refractivity contribution is 0.0922. The van der Waals surface area contributed by atoms with E-state index in [1.165, 1.54) is 0 Å². The highest BCUT2D eigenvalue weighted by molar-refractivity contribution is 5.94. The van der Waals surface area contributed by atoms with Crippen molar-refractivity contribution in [2.24, 2.45) is 13.0 Å². The Morgan fingerprint density at radius 2 is 1.92 bits per heavy atom. The van der Waals surface area contributed by atoms with Crippen LogP contribution in [0.5, 0.6) is 5.75 Å². The Hall–Kier alpha value is -2.82. The second kappa shape index (κ2) is 6.97. The van der Waals surface area contributed by atoms with Gasteiger partial charge in [0.25, 0.3) is 5.91 Å². The van der Waals surface area contributed by atoms with Gasteiger partial charge in [0, 0.05) is 12.6 Å². The third-order valence-corrected chi connectivity index (χ3v) is 4.39. The van der Waals surface area contributed by atoms with Crippen molar-refractivity contribution in [3.63, 3.8) is 0 Å². The van der Waals surface area contributed by atoms with E-state index in [0.29, 0.717) is 11.3 Å². The Balaban J connectivity index is 1.93. The first-order valence-corrected chi connectivity index (χ1v) is 8.37. The molecule has 0 fully saturated rings. The molecule has 0 radical (unpaired) electrons. The number of carbonyl (C=O) groups is 1. The number of carbonyl (C=O) groups excluding carboxylic acids is 1. The molecule has 1 aromatic heterocycles.